The summed E-state index contributed by atoms with van der Waals surface area (Å²) in [5.74, 6) is -3.08. The molecule has 0 aliphatic rings. The van der Waals surface area contributed by atoms with Crippen molar-refractivity contribution in [2.24, 2.45) is 0 Å². The quantitative estimate of drug-likeness (QED) is 0.107. The molecule has 2 atom stereocenters. The molecule has 0 radical (unpaired) electrons. The summed E-state index contributed by atoms with van der Waals surface area (Å²) in [6, 6.07) is 6.71. The Hall–Kier alpha value is -2.88. The van der Waals surface area contributed by atoms with Crippen molar-refractivity contribution >= 4 is 41.7 Å². The highest BCUT2D eigenvalue weighted by molar-refractivity contribution is 7.96. The van der Waals surface area contributed by atoms with Gasteiger partial charge in [-0.05, 0) is 63.8 Å². The number of carbonyl (C=O) groups is 4. The molecule has 2 unspecified atom stereocenters. The number of ether oxygens (including phenoxy) is 4. The van der Waals surface area contributed by atoms with E-state index < -0.39 is 41.2 Å². The zero-order chi connectivity index (χ0) is 32.5. The lowest BCUT2D eigenvalue weighted by atomic mass is 10.0. The summed E-state index contributed by atoms with van der Waals surface area (Å²) in [5.41, 5.74) is -1.35. The summed E-state index contributed by atoms with van der Waals surface area (Å²) >= 11 is 6.22. The molecule has 0 bridgehead atoms. The number of alkyl halides is 1. The standard InChI is InChI=1S/C31H40ClO10P/c1-18-14-20(3)24(21(4)15-18)30(36)43(38,31(37)25-22(5)16-19(2)17-23(25)6)27(26(32)28(33)34)29(35)42-13-12-41-11-10-40-9-8-39-7/h14-17,26-27H,8-13H2,1-7H3,(H,33,34). The van der Waals surface area contributed by atoms with Crippen LogP contribution in [0.3, 0.4) is 0 Å². The Morgan fingerprint density at radius 1 is 0.721 bits per heavy atom. The third kappa shape index (κ3) is 8.83. The molecule has 0 amide bonds. The van der Waals surface area contributed by atoms with E-state index in [1.165, 1.54) is 0 Å². The van der Waals surface area contributed by atoms with Crippen molar-refractivity contribution in [2.45, 2.75) is 52.6 Å². The normalized spacial score (nSPS) is 12.9. The molecule has 236 valence electrons. The van der Waals surface area contributed by atoms with Crippen molar-refractivity contribution in [1.82, 2.24) is 0 Å². The van der Waals surface area contributed by atoms with Crippen LogP contribution in [0, 0.1) is 41.5 Å². The topological polar surface area (TPSA) is 142 Å². The minimum atomic E-state index is -5.17. The molecule has 0 aliphatic carbocycles. The third-order valence-corrected chi connectivity index (χ3v) is 10.4. The second-order valence-corrected chi connectivity index (χ2v) is 13.5. The number of esters is 1. The van der Waals surface area contributed by atoms with Crippen molar-refractivity contribution in [3.05, 3.63) is 68.8 Å². The van der Waals surface area contributed by atoms with E-state index in [0.29, 0.717) is 35.5 Å². The number of methoxy groups -OCH3 is 1. The average molecular weight is 639 g/mol. The van der Waals surface area contributed by atoms with E-state index in [4.69, 9.17) is 30.5 Å². The molecule has 10 nitrogen and oxygen atoms in total. The van der Waals surface area contributed by atoms with Gasteiger partial charge in [-0.2, -0.15) is 0 Å². The summed E-state index contributed by atoms with van der Waals surface area (Å²) in [6.07, 6.45) is 0. The number of aryl methyl sites for hydroxylation is 6. The van der Waals surface area contributed by atoms with Crippen molar-refractivity contribution in [3.63, 3.8) is 0 Å². The first kappa shape index (κ1) is 36.3. The van der Waals surface area contributed by atoms with Crippen molar-refractivity contribution in [3.8, 4) is 0 Å². The molecule has 1 N–H and O–H groups in total. The van der Waals surface area contributed by atoms with Gasteiger partial charge in [0.1, 0.15) is 6.61 Å². The van der Waals surface area contributed by atoms with Gasteiger partial charge in [0.05, 0.1) is 33.0 Å². The van der Waals surface area contributed by atoms with Gasteiger partial charge >= 0.3 is 11.9 Å². The molecule has 12 heteroatoms. The molecular weight excluding hydrogens is 599 g/mol. The van der Waals surface area contributed by atoms with Gasteiger partial charge in [0.15, 0.2) is 11.0 Å². The number of rotatable bonds is 17. The minimum absolute atomic E-state index is 0.0337. The van der Waals surface area contributed by atoms with Crippen LogP contribution in [-0.4, -0.2) is 85.9 Å². The maximum Gasteiger partial charge on any atom is 0.323 e. The highest BCUT2D eigenvalue weighted by atomic mass is 35.5. The first-order valence-electron chi connectivity index (χ1n) is 13.7. The Bertz CT molecular complexity index is 1280. The van der Waals surface area contributed by atoms with Crippen LogP contribution in [0.2, 0.25) is 0 Å². The number of carbonyl (C=O) groups excluding carboxylic acids is 3. The van der Waals surface area contributed by atoms with Crippen LogP contribution in [0.15, 0.2) is 24.3 Å². The Kier molecular flexibility index (Phi) is 13.7. The van der Waals surface area contributed by atoms with Crippen LogP contribution in [0.25, 0.3) is 0 Å². The maximum atomic E-state index is 15.1. The van der Waals surface area contributed by atoms with E-state index in [2.05, 4.69) is 0 Å². The summed E-state index contributed by atoms with van der Waals surface area (Å²) in [7, 11) is -3.63. The first-order chi connectivity index (χ1) is 20.2. The number of carboxylic acids is 1. The molecular formula is C31H40ClO10P. The predicted molar refractivity (Wildman–Crippen MR) is 163 cm³/mol. The Morgan fingerprint density at radius 2 is 1.09 bits per heavy atom. The molecule has 2 aromatic rings. The Labute approximate surface area is 257 Å². The van der Waals surface area contributed by atoms with Crippen molar-refractivity contribution in [1.29, 1.82) is 0 Å². The molecule has 43 heavy (non-hydrogen) atoms. The molecule has 0 fully saturated rings. The summed E-state index contributed by atoms with van der Waals surface area (Å²) < 4.78 is 35.9. The fourth-order valence-corrected chi connectivity index (χ4v) is 8.56. The number of aliphatic carboxylic acids is 1. The lowest BCUT2D eigenvalue weighted by Gasteiger charge is -2.28. The van der Waals surface area contributed by atoms with E-state index in [-0.39, 0.29) is 37.6 Å². The Balaban J connectivity index is 2.58. The van der Waals surface area contributed by atoms with Crippen LogP contribution in [0.4, 0.5) is 0 Å². The van der Waals surface area contributed by atoms with Gasteiger partial charge in [-0.15, -0.1) is 11.6 Å². The largest absolute Gasteiger partial charge is 0.480 e. The maximum absolute atomic E-state index is 15.1. The molecule has 0 saturated carbocycles. The van der Waals surface area contributed by atoms with Gasteiger partial charge in [-0.25, -0.2) is 0 Å². The van der Waals surface area contributed by atoms with Gasteiger partial charge in [0.2, 0.25) is 18.2 Å². The number of hydrogen-bond donors (Lipinski definition) is 1. The highest BCUT2D eigenvalue weighted by Crippen LogP contribution is 2.59. The van der Waals surface area contributed by atoms with E-state index >= 15 is 4.57 Å². The monoisotopic (exact) mass is 638 g/mol. The molecule has 2 rings (SSSR count). The van der Waals surface area contributed by atoms with Crippen LogP contribution >= 0.6 is 18.7 Å². The Morgan fingerprint density at radius 3 is 1.47 bits per heavy atom. The second-order valence-electron chi connectivity index (χ2n) is 10.4. The zero-order valence-electron chi connectivity index (χ0n) is 25.7. The van der Waals surface area contributed by atoms with Gasteiger partial charge < -0.3 is 28.6 Å². The van der Waals surface area contributed by atoms with Crippen LogP contribution < -0.4 is 0 Å². The van der Waals surface area contributed by atoms with E-state index in [1.54, 1.807) is 59.1 Å². The first-order valence-corrected chi connectivity index (χ1v) is 15.9. The zero-order valence-corrected chi connectivity index (χ0v) is 27.3. The summed E-state index contributed by atoms with van der Waals surface area (Å²) in [6.45, 7) is 10.8. The van der Waals surface area contributed by atoms with Gasteiger partial charge in [-0.1, -0.05) is 35.4 Å². The van der Waals surface area contributed by atoms with Crippen molar-refractivity contribution in [2.75, 3.05) is 46.8 Å². The van der Waals surface area contributed by atoms with E-state index in [1.807, 2.05) is 13.8 Å². The smallest absolute Gasteiger partial charge is 0.323 e. The lowest BCUT2D eigenvalue weighted by molar-refractivity contribution is -0.148. The minimum Gasteiger partial charge on any atom is -0.480 e. The van der Waals surface area contributed by atoms with Crippen LogP contribution in [-0.2, 0) is 33.1 Å². The average Bonchev–Trinajstić information content (AvgIpc) is 2.90. The number of benzene rings is 2. The fraction of sp³-hybridized carbons (Fsp3) is 0.484. The van der Waals surface area contributed by atoms with Crippen molar-refractivity contribution < 1.29 is 47.8 Å². The highest BCUT2D eigenvalue weighted by Gasteiger charge is 2.57. The fourth-order valence-electron chi connectivity index (χ4n) is 5.05. The molecule has 0 aliphatic heterocycles. The number of carboxylic acid groups (broad SMARTS) is 1. The number of hydrogen-bond acceptors (Lipinski definition) is 9. The summed E-state index contributed by atoms with van der Waals surface area (Å²) in [5, 5.41) is 7.65. The molecule has 2 aromatic carbocycles. The lowest BCUT2D eigenvalue weighted by Crippen LogP contribution is -2.41. The molecule has 0 aromatic heterocycles. The summed E-state index contributed by atoms with van der Waals surface area (Å²) in [4.78, 5) is 54.3. The second kappa shape index (κ2) is 16.3. The third-order valence-electron chi connectivity index (χ3n) is 6.81. The van der Waals surface area contributed by atoms with E-state index in [0.717, 1.165) is 11.1 Å². The van der Waals surface area contributed by atoms with Crippen LogP contribution in [0.1, 0.15) is 54.1 Å². The van der Waals surface area contributed by atoms with Gasteiger partial charge in [0.25, 0.3) is 0 Å². The number of halogens is 1. The molecule has 0 heterocycles. The molecule has 0 saturated heterocycles. The van der Waals surface area contributed by atoms with Gasteiger partial charge in [-0.3, -0.25) is 19.2 Å². The van der Waals surface area contributed by atoms with E-state index in [9.17, 15) is 24.3 Å². The van der Waals surface area contributed by atoms with Gasteiger partial charge in [0, 0.05) is 18.2 Å². The van der Waals surface area contributed by atoms with Crippen LogP contribution in [0.5, 0.6) is 0 Å². The molecule has 0 spiro atoms. The predicted octanol–water partition coefficient (Wildman–Crippen LogP) is 5.16. The SMILES string of the molecule is COCCOCCOCCOC(=O)C(C(Cl)C(=O)O)P(=O)(C(=O)c1c(C)cc(C)cc1C)C(=O)c1c(C)cc(C)cc1C.